The maximum absolute atomic E-state index is 12.4. The van der Waals surface area contributed by atoms with E-state index in [0.717, 1.165) is 11.3 Å². The summed E-state index contributed by atoms with van der Waals surface area (Å²) >= 11 is 6.41. The number of pyridine rings is 1. The van der Waals surface area contributed by atoms with Crippen LogP contribution in [0.2, 0.25) is 5.15 Å². The maximum atomic E-state index is 12.4. The molecular weight excluding hydrogens is 414 g/mol. The summed E-state index contributed by atoms with van der Waals surface area (Å²) in [5.41, 5.74) is 3.04. The monoisotopic (exact) mass is 437 g/mol. The molecule has 0 aliphatic carbocycles. The summed E-state index contributed by atoms with van der Waals surface area (Å²) in [7, 11) is 0. The molecule has 2 amide bonds. The molecule has 31 heavy (non-hydrogen) atoms. The van der Waals surface area contributed by atoms with Crippen molar-refractivity contribution in [3.05, 3.63) is 76.8 Å². The summed E-state index contributed by atoms with van der Waals surface area (Å²) in [6, 6.07) is 10.3. The third-order valence-corrected chi connectivity index (χ3v) is 4.76. The molecule has 0 aliphatic heterocycles. The summed E-state index contributed by atoms with van der Waals surface area (Å²) in [6.45, 7) is 6.74. The molecule has 2 aromatic heterocycles. The van der Waals surface area contributed by atoms with E-state index in [-0.39, 0.29) is 11.8 Å². The Hall–Kier alpha value is -3.45. The van der Waals surface area contributed by atoms with Gasteiger partial charge < -0.3 is 10.6 Å². The van der Waals surface area contributed by atoms with Gasteiger partial charge in [0.15, 0.2) is 0 Å². The SMILES string of the molecule is Cc1nn(CC(C)C)c(Cl)c1/C=C/C(=O)Nc1cccc(NC(=O)c2cccnc2)c1. The van der Waals surface area contributed by atoms with Crippen LogP contribution in [0.4, 0.5) is 11.4 Å². The van der Waals surface area contributed by atoms with Crippen LogP contribution in [0, 0.1) is 12.8 Å². The predicted octanol–water partition coefficient (Wildman–Crippen LogP) is 4.80. The molecule has 0 saturated carbocycles. The van der Waals surface area contributed by atoms with Crippen LogP contribution in [0.1, 0.15) is 35.5 Å². The number of carbonyl (C=O) groups is 2. The lowest BCUT2D eigenvalue weighted by Gasteiger charge is -2.08. The van der Waals surface area contributed by atoms with Gasteiger partial charge in [-0.05, 0) is 49.2 Å². The van der Waals surface area contributed by atoms with E-state index in [0.29, 0.717) is 34.6 Å². The molecule has 0 unspecified atom stereocenters. The van der Waals surface area contributed by atoms with Gasteiger partial charge in [-0.2, -0.15) is 5.10 Å². The number of nitrogens with one attached hydrogen (secondary N) is 2. The Morgan fingerprint density at radius 3 is 2.58 bits per heavy atom. The Labute approximate surface area is 186 Å². The van der Waals surface area contributed by atoms with Crippen molar-refractivity contribution in [1.29, 1.82) is 0 Å². The fourth-order valence-electron chi connectivity index (χ4n) is 2.94. The van der Waals surface area contributed by atoms with Gasteiger partial charge in [0, 0.05) is 42.0 Å². The van der Waals surface area contributed by atoms with Gasteiger partial charge in [-0.3, -0.25) is 19.3 Å². The van der Waals surface area contributed by atoms with Crippen molar-refractivity contribution < 1.29 is 9.59 Å². The van der Waals surface area contributed by atoms with Crippen LogP contribution in [0.25, 0.3) is 6.08 Å². The maximum Gasteiger partial charge on any atom is 0.257 e. The zero-order valence-corrected chi connectivity index (χ0v) is 18.3. The second-order valence-corrected chi connectivity index (χ2v) is 7.82. The lowest BCUT2D eigenvalue weighted by molar-refractivity contribution is -0.111. The molecule has 3 rings (SSSR count). The van der Waals surface area contributed by atoms with Gasteiger partial charge in [-0.1, -0.05) is 31.5 Å². The normalized spacial score (nSPS) is 11.1. The van der Waals surface area contributed by atoms with Crippen LogP contribution in [0.3, 0.4) is 0 Å². The third kappa shape index (κ3) is 6.02. The number of anilines is 2. The van der Waals surface area contributed by atoms with Crippen molar-refractivity contribution in [2.24, 2.45) is 5.92 Å². The van der Waals surface area contributed by atoms with Crippen molar-refractivity contribution in [2.45, 2.75) is 27.3 Å². The van der Waals surface area contributed by atoms with Gasteiger partial charge in [-0.15, -0.1) is 0 Å². The molecule has 2 N–H and O–H groups in total. The topological polar surface area (TPSA) is 88.9 Å². The lowest BCUT2D eigenvalue weighted by atomic mass is 10.2. The quantitative estimate of drug-likeness (QED) is 0.519. The molecule has 2 heterocycles. The highest BCUT2D eigenvalue weighted by Gasteiger charge is 2.12. The van der Waals surface area contributed by atoms with Crippen LogP contribution < -0.4 is 10.6 Å². The second-order valence-electron chi connectivity index (χ2n) is 7.47. The predicted molar refractivity (Wildman–Crippen MR) is 123 cm³/mol. The van der Waals surface area contributed by atoms with E-state index < -0.39 is 0 Å². The zero-order valence-electron chi connectivity index (χ0n) is 17.6. The summed E-state index contributed by atoms with van der Waals surface area (Å²) in [5, 5.41) is 10.5. The van der Waals surface area contributed by atoms with E-state index in [4.69, 9.17) is 11.6 Å². The minimum Gasteiger partial charge on any atom is -0.322 e. The molecule has 7 nitrogen and oxygen atoms in total. The highest BCUT2D eigenvalue weighted by molar-refractivity contribution is 6.31. The first kappa shape index (κ1) is 22.2. The first-order valence-electron chi connectivity index (χ1n) is 9.87. The highest BCUT2D eigenvalue weighted by atomic mass is 35.5. The second kappa shape index (κ2) is 10.0. The Morgan fingerprint density at radius 1 is 1.16 bits per heavy atom. The summed E-state index contributed by atoms with van der Waals surface area (Å²) < 4.78 is 1.74. The largest absolute Gasteiger partial charge is 0.322 e. The van der Waals surface area contributed by atoms with Crippen LogP contribution in [-0.4, -0.2) is 26.6 Å². The van der Waals surface area contributed by atoms with Gasteiger partial charge >= 0.3 is 0 Å². The zero-order chi connectivity index (χ0) is 22.4. The van der Waals surface area contributed by atoms with Crippen molar-refractivity contribution >= 4 is 40.9 Å². The van der Waals surface area contributed by atoms with E-state index in [9.17, 15) is 9.59 Å². The number of amides is 2. The number of aromatic nitrogens is 3. The molecule has 1 aromatic carbocycles. The van der Waals surface area contributed by atoms with Crippen LogP contribution in [0.15, 0.2) is 54.9 Å². The highest BCUT2D eigenvalue weighted by Crippen LogP contribution is 2.22. The number of rotatable bonds is 7. The van der Waals surface area contributed by atoms with Crippen molar-refractivity contribution in [3.63, 3.8) is 0 Å². The summed E-state index contributed by atoms with van der Waals surface area (Å²) in [6.07, 6.45) is 6.16. The van der Waals surface area contributed by atoms with E-state index in [1.165, 1.54) is 12.3 Å². The number of aryl methyl sites for hydroxylation is 1. The Morgan fingerprint density at radius 2 is 1.90 bits per heavy atom. The average Bonchev–Trinajstić information content (AvgIpc) is 2.99. The fraction of sp³-hybridized carbons (Fsp3) is 0.217. The molecule has 0 bridgehead atoms. The first-order chi connectivity index (χ1) is 14.8. The number of hydrogen-bond donors (Lipinski definition) is 2. The number of halogens is 1. The van der Waals surface area contributed by atoms with Gasteiger partial charge in [0.2, 0.25) is 5.91 Å². The molecular formula is C23H24ClN5O2. The van der Waals surface area contributed by atoms with Crippen molar-refractivity contribution in [1.82, 2.24) is 14.8 Å². The summed E-state index contributed by atoms with van der Waals surface area (Å²) in [4.78, 5) is 28.6. The minimum atomic E-state index is -0.317. The lowest BCUT2D eigenvalue weighted by Crippen LogP contribution is -2.13. The molecule has 0 atom stereocenters. The molecule has 0 fully saturated rings. The Kier molecular flexibility index (Phi) is 7.20. The van der Waals surface area contributed by atoms with Crippen LogP contribution in [0.5, 0.6) is 0 Å². The van der Waals surface area contributed by atoms with E-state index in [1.807, 2.05) is 6.92 Å². The molecule has 3 aromatic rings. The van der Waals surface area contributed by atoms with E-state index in [2.05, 4.69) is 34.6 Å². The van der Waals surface area contributed by atoms with E-state index >= 15 is 0 Å². The standard InChI is InChI=1S/C23H24ClN5O2/c1-15(2)14-29-22(24)20(16(3)28-29)9-10-21(30)26-18-7-4-8-19(12-18)27-23(31)17-6-5-11-25-13-17/h4-13,15H,14H2,1-3H3,(H,26,30)(H,27,31)/b10-9+. The first-order valence-corrected chi connectivity index (χ1v) is 10.2. The van der Waals surface area contributed by atoms with Crippen LogP contribution in [-0.2, 0) is 11.3 Å². The molecule has 8 heteroatoms. The smallest absolute Gasteiger partial charge is 0.257 e. The Bertz CT molecular complexity index is 1110. The molecule has 0 aliphatic rings. The van der Waals surface area contributed by atoms with Gasteiger partial charge in [0.25, 0.3) is 5.91 Å². The van der Waals surface area contributed by atoms with Gasteiger partial charge in [0.05, 0.1) is 11.3 Å². The number of nitrogens with zero attached hydrogens (tertiary/aromatic N) is 3. The Balaban J connectivity index is 1.65. The minimum absolute atomic E-state index is 0.278. The van der Waals surface area contributed by atoms with E-state index in [1.54, 1.807) is 53.4 Å². The molecule has 0 spiro atoms. The molecule has 0 radical (unpaired) electrons. The summed E-state index contributed by atoms with van der Waals surface area (Å²) in [5.74, 6) is -0.189. The van der Waals surface area contributed by atoms with Gasteiger partial charge in [0.1, 0.15) is 5.15 Å². The fourth-order valence-corrected chi connectivity index (χ4v) is 3.25. The number of hydrogen-bond acceptors (Lipinski definition) is 4. The number of benzene rings is 1. The molecule has 0 saturated heterocycles. The van der Waals surface area contributed by atoms with Crippen molar-refractivity contribution in [3.8, 4) is 0 Å². The van der Waals surface area contributed by atoms with Crippen molar-refractivity contribution in [2.75, 3.05) is 10.6 Å². The molecule has 160 valence electrons. The third-order valence-electron chi connectivity index (χ3n) is 4.36. The number of carbonyl (C=O) groups excluding carboxylic acids is 2. The van der Waals surface area contributed by atoms with Gasteiger partial charge in [-0.25, -0.2) is 0 Å². The van der Waals surface area contributed by atoms with Crippen LogP contribution >= 0.6 is 11.6 Å². The average molecular weight is 438 g/mol.